The van der Waals surface area contributed by atoms with Crippen LogP contribution in [-0.2, 0) is 0 Å². The van der Waals surface area contributed by atoms with Crippen LogP contribution in [-0.4, -0.2) is 11.6 Å². The van der Waals surface area contributed by atoms with Gasteiger partial charge >= 0.3 is 0 Å². The second-order valence-electron chi connectivity index (χ2n) is 5.39. The van der Waals surface area contributed by atoms with E-state index in [4.69, 9.17) is 0 Å². The smallest absolute Gasteiger partial charge is 0.196 e. The highest BCUT2D eigenvalue weighted by Crippen LogP contribution is 2.43. The average Bonchev–Trinajstić information content (AvgIpc) is 2.51. The number of carbonyl (C=O) groups is 2. The molecule has 0 spiro atoms. The zero-order valence-electron chi connectivity index (χ0n) is 12.1. The number of fused-ring (bicyclic) bond motifs is 2. The van der Waals surface area contributed by atoms with Gasteiger partial charge in [0.05, 0.1) is 0 Å². The van der Waals surface area contributed by atoms with Crippen molar-refractivity contribution in [2.24, 2.45) is 0 Å². The molecule has 0 amide bonds. The molecule has 0 unspecified atom stereocenters. The fourth-order valence-electron chi connectivity index (χ4n) is 2.71. The van der Waals surface area contributed by atoms with Gasteiger partial charge in [0.1, 0.15) is 0 Å². The van der Waals surface area contributed by atoms with E-state index in [0.717, 1.165) is 11.1 Å². The molecule has 2 aromatic rings. The summed E-state index contributed by atoms with van der Waals surface area (Å²) < 4.78 is 0. The lowest BCUT2D eigenvalue weighted by Crippen LogP contribution is -2.24. The van der Waals surface area contributed by atoms with E-state index in [1.807, 2.05) is 13.8 Å². The van der Waals surface area contributed by atoms with Gasteiger partial charge in [0, 0.05) is 46.7 Å². The van der Waals surface area contributed by atoms with Crippen LogP contribution in [0.25, 0.3) is 0 Å². The molecule has 3 rings (SSSR count). The first-order valence-corrected chi connectivity index (χ1v) is 8.84. The first-order chi connectivity index (χ1) is 10.7. The van der Waals surface area contributed by atoms with Crippen LogP contribution < -0.4 is 0 Å². The number of rotatable bonds is 0. The first-order valence-electron chi connectivity index (χ1n) is 6.60. The van der Waals surface area contributed by atoms with Gasteiger partial charge in [-0.2, -0.15) is 0 Å². The maximum Gasteiger partial charge on any atom is 0.196 e. The van der Waals surface area contributed by atoms with Crippen molar-refractivity contribution < 1.29 is 9.59 Å². The van der Waals surface area contributed by atoms with Crippen molar-refractivity contribution in [3.63, 3.8) is 0 Å². The third-order valence-corrected chi connectivity index (χ3v) is 7.01. The molecule has 0 radical (unpaired) electrons. The minimum atomic E-state index is -0.286. The van der Waals surface area contributed by atoms with Crippen molar-refractivity contribution in [2.75, 3.05) is 0 Å². The summed E-state index contributed by atoms with van der Waals surface area (Å²) in [6, 6.07) is 1.73. The van der Waals surface area contributed by atoms with Crippen LogP contribution in [0.4, 0.5) is 0 Å². The number of aryl methyl sites for hydroxylation is 1. The zero-order valence-corrected chi connectivity index (χ0v) is 16.6. The lowest BCUT2D eigenvalue weighted by atomic mass is 9.82. The standard InChI is InChI=1S/C16H12O2S5/c1-4-3-6-7(12(19)5(4)2)11(18)9-8(10(6)17)13(20)15(22)16(23)14(9)21/h3,19-23H,1-2H3. The fourth-order valence-corrected chi connectivity index (χ4v) is 4.38. The Morgan fingerprint density at radius 2 is 1.13 bits per heavy atom. The van der Waals surface area contributed by atoms with E-state index in [9.17, 15) is 9.59 Å². The van der Waals surface area contributed by atoms with Gasteiger partial charge in [0.2, 0.25) is 0 Å². The molecule has 2 aromatic carbocycles. The summed E-state index contributed by atoms with van der Waals surface area (Å²) in [6.07, 6.45) is 0. The highest BCUT2D eigenvalue weighted by atomic mass is 32.1. The Morgan fingerprint density at radius 1 is 0.652 bits per heavy atom. The predicted octanol–water partition coefficient (Wildman–Crippen LogP) is 4.52. The second-order valence-corrected chi connectivity index (χ2v) is 7.63. The normalized spacial score (nSPS) is 13.2. The quantitative estimate of drug-likeness (QED) is 0.362. The van der Waals surface area contributed by atoms with Gasteiger partial charge in [-0.15, -0.1) is 63.1 Å². The third-order valence-electron chi connectivity index (χ3n) is 4.14. The first kappa shape index (κ1) is 17.4. The summed E-state index contributed by atoms with van der Waals surface area (Å²) in [5.74, 6) is -0.552. The summed E-state index contributed by atoms with van der Waals surface area (Å²) >= 11 is 21.9. The lowest BCUT2D eigenvalue weighted by molar-refractivity contribution is 0.0971. The topological polar surface area (TPSA) is 34.1 Å². The largest absolute Gasteiger partial charge is 0.289 e. The van der Waals surface area contributed by atoms with Crippen molar-refractivity contribution in [3.05, 3.63) is 39.4 Å². The van der Waals surface area contributed by atoms with Crippen molar-refractivity contribution in [1.29, 1.82) is 0 Å². The molecule has 0 saturated heterocycles. The molecule has 23 heavy (non-hydrogen) atoms. The fraction of sp³-hybridized carbons (Fsp3) is 0.125. The predicted molar refractivity (Wildman–Crippen MR) is 105 cm³/mol. The zero-order chi connectivity index (χ0) is 17.2. The van der Waals surface area contributed by atoms with Crippen LogP contribution >= 0.6 is 63.1 Å². The van der Waals surface area contributed by atoms with Gasteiger partial charge in [-0.3, -0.25) is 9.59 Å². The van der Waals surface area contributed by atoms with Crippen LogP contribution in [0.5, 0.6) is 0 Å². The SMILES string of the molecule is Cc1cc2c(c(S)c1C)C(=O)c1c(S)c(S)c(S)c(S)c1C2=O. The molecule has 0 heterocycles. The molecule has 0 saturated carbocycles. The number of benzene rings is 2. The molecule has 0 atom stereocenters. The molecule has 0 N–H and O–H groups in total. The Balaban J connectivity index is 2.48. The lowest BCUT2D eigenvalue weighted by Gasteiger charge is -2.25. The molecule has 118 valence electrons. The molecule has 1 aliphatic carbocycles. The average molecular weight is 397 g/mol. The number of carbonyl (C=O) groups excluding carboxylic acids is 2. The molecule has 2 nitrogen and oxygen atoms in total. The maximum absolute atomic E-state index is 13.0. The van der Waals surface area contributed by atoms with E-state index in [1.54, 1.807) is 6.07 Å². The highest BCUT2D eigenvalue weighted by molar-refractivity contribution is 7.86. The van der Waals surface area contributed by atoms with Gasteiger partial charge in [-0.1, -0.05) is 0 Å². The maximum atomic E-state index is 13.0. The summed E-state index contributed by atoms with van der Waals surface area (Å²) in [5, 5.41) is 0. The van der Waals surface area contributed by atoms with E-state index in [1.165, 1.54) is 0 Å². The Bertz CT molecular complexity index is 931. The van der Waals surface area contributed by atoms with Crippen LogP contribution in [0.2, 0.25) is 0 Å². The van der Waals surface area contributed by atoms with Crippen LogP contribution in [0.1, 0.15) is 43.0 Å². The number of hydrogen-bond donors (Lipinski definition) is 5. The van der Waals surface area contributed by atoms with E-state index >= 15 is 0 Å². The molecule has 0 aromatic heterocycles. The van der Waals surface area contributed by atoms with Crippen molar-refractivity contribution in [1.82, 2.24) is 0 Å². The molecule has 7 heteroatoms. The van der Waals surface area contributed by atoms with E-state index in [0.29, 0.717) is 35.6 Å². The Morgan fingerprint density at radius 3 is 1.65 bits per heavy atom. The monoisotopic (exact) mass is 396 g/mol. The summed E-state index contributed by atoms with van der Waals surface area (Å²) in [7, 11) is 0. The summed E-state index contributed by atoms with van der Waals surface area (Å²) in [5.41, 5.74) is 2.89. The van der Waals surface area contributed by atoms with Crippen molar-refractivity contribution >= 4 is 74.7 Å². The number of thiol groups is 5. The van der Waals surface area contributed by atoms with E-state index in [2.05, 4.69) is 63.1 Å². The minimum absolute atomic E-state index is 0.220. The van der Waals surface area contributed by atoms with Gasteiger partial charge in [-0.25, -0.2) is 0 Å². The van der Waals surface area contributed by atoms with Crippen LogP contribution in [0.3, 0.4) is 0 Å². The van der Waals surface area contributed by atoms with Gasteiger partial charge in [0.25, 0.3) is 0 Å². The van der Waals surface area contributed by atoms with Crippen LogP contribution in [0.15, 0.2) is 30.5 Å². The molecular weight excluding hydrogens is 385 g/mol. The second kappa shape index (κ2) is 5.81. The summed E-state index contributed by atoms with van der Waals surface area (Å²) in [6.45, 7) is 3.76. The Kier molecular flexibility index (Phi) is 4.38. The van der Waals surface area contributed by atoms with E-state index in [-0.39, 0.29) is 22.7 Å². The minimum Gasteiger partial charge on any atom is -0.289 e. The number of ketones is 2. The van der Waals surface area contributed by atoms with Crippen LogP contribution in [0, 0.1) is 13.8 Å². The van der Waals surface area contributed by atoms with Crippen molar-refractivity contribution in [3.8, 4) is 0 Å². The molecular formula is C16H12O2S5. The third kappa shape index (κ3) is 2.32. The molecule has 1 aliphatic rings. The van der Waals surface area contributed by atoms with Gasteiger partial charge in [0.15, 0.2) is 11.6 Å². The molecule has 0 fully saturated rings. The molecule has 0 bridgehead atoms. The highest BCUT2D eigenvalue weighted by Gasteiger charge is 2.36. The van der Waals surface area contributed by atoms with Crippen molar-refractivity contribution in [2.45, 2.75) is 38.3 Å². The number of hydrogen-bond acceptors (Lipinski definition) is 7. The van der Waals surface area contributed by atoms with Gasteiger partial charge < -0.3 is 0 Å². The van der Waals surface area contributed by atoms with Gasteiger partial charge in [-0.05, 0) is 31.0 Å². The van der Waals surface area contributed by atoms with E-state index < -0.39 is 0 Å². The summed E-state index contributed by atoms with van der Waals surface area (Å²) in [4.78, 5) is 28.1. The Hall–Kier alpha value is -0.470. The Labute approximate surface area is 161 Å². The molecule has 0 aliphatic heterocycles.